The maximum absolute atomic E-state index is 12.8. The van der Waals surface area contributed by atoms with Gasteiger partial charge in [-0.1, -0.05) is 6.07 Å². The van der Waals surface area contributed by atoms with Crippen LogP contribution in [0.1, 0.15) is 24.0 Å². The van der Waals surface area contributed by atoms with Crippen LogP contribution in [0.2, 0.25) is 0 Å². The third kappa shape index (κ3) is 5.52. The zero-order valence-corrected chi connectivity index (χ0v) is 18.4. The number of hydrogen-bond acceptors (Lipinski definition) is 5. The van der Waals surface area contributed by atoms with Gasteiger partial charge in [0.25, 0.3) is 5.91 Å². The molecule has 0 saturated carbocycles. The molecule has 8 heteroatoms. The van der Waals surface area contributed by atoms with E-state index in [1.807, 2.05) is 32.0 Å². The molecular formula is C22H28N2O5S. The Balaban J connectivity index is 1.49. The molecule has 162 valence electrons. The van der Waals surface area contributed by atoms with E-state index in [0.717, 1.165) is 11.1 Å². The molecule has 1 amide bonds. The largest absolute Gasteiger partial charge is 0.497 e. The lowest BCUT2D eigenvalue weighted by Gasteiger charge is -2.31. The van der Waals surface area contributed by atoms with Gasteiger partial charge in [-0.15, -0.1) is 0 Å². The first-order valence-corrected chi connectivity index (χ1v) is 11.4. The molecule has 0 aromatic heterocycles. The fourth-order valence-corrected chi connectivity index (χ4v) is 5.04. The molecular weight excluding hydrogens is 404 g/mol. The Morgan fingerprint density at radius 3 is 2.20 bits per heavy atom. The highest BCUT2D eigenvalue weighted by atomic mass is 32.2. The van der Waals surface area contributed by atoms with Crippen molar-refractivity contribution in [2.75, 3.05) is 26.8 Å². The van der Waals surface area contributed by atoms with Gasteiger partial charge in [0.15, 0.2) is 6.61 Å². The number of piperidine rings is 1. The van der Waals surface area contributed by atoms with E-state index in [1.165, 1.54) is 11.4 Å². The second-order valence-electron chi connectivity index (χ2n) is 7.53. The van der Waals surface area contributed by atoms with Crippen LogP contribution in [0.4, 0.5) is 0 Å². The van der Waals surface area contributed by atoms with Crippen LogP contribution < -0.4 is 14.8 Å². The van der Waals surface area contributed by atoms with Crippen LogP contribution in [-0.2, 0) is 14.8 Å². The molecule has 0 atom stereocenters. The Bertz CT molecular complexity index is 961. The predicted octanol–water partition coefficient (Wildman–Crippen LogP) is 2.66. The summed E-state index contributed by atoms with van der Waals surface area (Å²) in [5, 5.41) is 2.94. The molecule has 30 heavy (non-hydrogen) atoms. The van der Waals surface area contributed by atoms with E-state index in [1.54, 1.807) is 24.3 Å². The monoisotopic (exact) mass is 432 g/mol. The number of carbonyl (C=O) groups is 1. The second-order valence-corrected chi connectivity index (χ2v) is 9.47. The van der Waals surface area contributed by atoms with Gasteiger partial charge in [-0.2, -0.15) is 4.31 Å². The summed E-state index contributed by atoms with van der Waals surface area (Å²) in [6.45, 7) is 4.61. The minimum absolute atomic E-state index is 0.0622. The van der Waals surface area contributed by atoms with Crippen LogP contribution in [0.3, 0.4) is 0 Å². The maximum atomic E-state index is 12.8. The van der Waals surface area contributed by atoms with Crippen molar-refractivity contribution in [1.29, 1.82) is 0 Å². The molecule has 1 N–H and O–H groups in total. The summed E-state index contributed by atoms with van der Waals surface area (Å²) >= 11 is 0. The van der Waals surface area contributed by atoms with Crippen molar-refractivity contribution in [3.63, 3.8) is 0 Å². The van der Waals surface area contributed by atoms with Crippen LogP contribution in [-0.4, -0.2) is 51.5 Å². The number of sulfonamides is 1. The average molecular weight is 433 g/mol. The van der Waals surface area contributed by atoms with Crippen molar-refractivity contribution in [3.05, 3.63) is 53.6 Å². The first kappa shape index (κ1) is 22.1. The molecule has 1 aliphatic rings. The van der Waals surface area contributed by atoms with E-state index in [2.05, 4.69) is 5.32 Å². The summed E-state index contributed by atoms with van der Waals surface area (Å²) in [4.78, 5) is 12.5. The predicted molar refractivity (Wildman–Crippen MR) is 114 cm³/mol. The van der Waals surface area contributed by atoms with E-state index in [4.69, 9.17) is 9.47 Å². The molecule has 0 spiro atoms. The fraction of sp³-hybridized carbons (Fsp3) is 0.409. The van der Waals surface area contributed by atoms with Gasteiger partial charge in [0.2, 0.25) is 10.0 Å². The molecule has 2 aromatic rings. The molecule has 7 nitrogen and oxygen atoms in total. The topological polar surface area (TPSA) is 84.9 Å². The van der Waals surface area contributed by atoms with Gasteiger partial charge in [-0.05, 0) is 74.2 Å². The molecule has 1 aliphatic heterocycles. The molecule has 2 aromatic carbocycles. The number of nitrogens with zero attached hydrogens (tertiary/aromatic N) is 1. The van der Waals surface area contributed by atoms with Crippen LogP contribution in [0.25, 0.3) is 0 Å². The first-order valence-electron chi connectivity index (χ1n) is 9.92. The Morgan fingerprint density at radius 1 is 1.03 bits per heavy atom. The van der Waals surface area contributed by atoms with E-state index in [-0.39, 0.29) is 23.5 Å². The van der Waals surface area contributed by atoms with Gasteiger partial charge >= 0.3 is 0 Å². The molecule has 0 radical (unpaired) electrons. The van der Waals surface area contributed by atoms with E-state index in [0.29, 0.717) is 37.4 Å². The standard InChI is InChI=1S/C22H28N2O5S/c1-16-12-17(2)14-20(13-16)29-15-22(25)23-18-8-10-24(11-9-18)30(26,27)21-6-4-19(28-3)5-7-21/h4-7,12-14,18H,8-11,15H2,1-3H3,(H,23,25). The number of benzene rings is 2. The molecule has 1 heterocycles. The Kier molecular flexibility index (Phi) is 6.99. The van der Waals surface area contributed by atoms with Crippen LogP contribution in [0, 0.1) is 13.8 Å². The molecule has 1 saturated heterocycles. The van der Waals surface area contributed by atoms with Gasteiger partial charge in [0.1, 0.15) is 11.5 Å². The highest BCUT2D eigenvalue weighted by Crippen LogP contribution is 2.23. The Morgan fingerprint density at radius 2 is 1.63 bits per heavy atom. The zero-order valence-electron chi connectivity index (χ0n) is 17.6. The average Bonchev–Trinajstić information content (AvgIpc) is 2.72. The first-order chi connectivity index (χ1) is 14.3. The van der Waals surface area contributed by atoms with E-state index >= 15 is 0 Å². The SMILES string of the molecule is COc1ccc(S(=O)(=O)N2CCC(NC(=O)COc3cc(C)cc(C)c3)CC2)cc1. The summed E-state index contributed by atoms with van der Waals surface area (Å²) in [7, 11) is -2.02. The third-order valence-electron chi connectivity index (χ3n) is 5.08. The minimum Gasteiger partial charge on any atom is -0.497 e. The highest BCUT2D eigenvalue weighted by molar-refractivity contribution is 7.89. The molecule has 0 bridgehead atoms. The number of nitrogens with one attached hydrogen (secondary N) is 1. The number of hydrogen-bond donors (Lipinski definition) is 1. The second kappa shape index (κ2) is 9.49. The molecule has 3 rings (SSSR count). The summed E-state index contributed by atoms with van der Waals surface area (Å²) in [5.41, 5.74) is 2.16. The quantitative estimate of drug-likeness (QED) is 0.727. The summed E-state index contributed by atoms with van der Waals surface area (Å²) in [6.07, 6.45) is 1.12. The minimum atomic E-state index is -3.55. The highest BCUT2D eigenvalue weighted by Gasteiger charge is 2.30. The fourth-order valence-electron chi connectivity index (χ4n) is 3.57. The summed E-state index contributed by atoms with van der Waals surface area (Å²) < 4.78 is 37.8. The normalized spacial score (nSPS) is 15.6. The summed E-state index contributed by atoms with van der Waals surface area (Å²) in [6, 6.07) is 12.1. The van der Waals surface area contributed by atoms with Crippen molar-refractivity contribution < 1.29 is 22.7 Å². The number of methoxy groups -OCH3 is 1. The van der Waals surface area contributed by atoms with E-state index < -0.39 is 10.0 Å². The van der Waals surface area contributed by atoms with Crippen LogP contribution in [0.15, 0.2) is 47.4 Å². The lowest BCUT2D eigenvalue weighted by Crippen LogP contribution is -2.47. The van der Waals surface area contributed by atoms with Crippen molar-refractivity contribution in [2.24, 2.45) is 0 Å². The van der Waals surface area contributed by atoms with Gasteiger partial charge in [-0.25, -0.2) is 8.42 Å². The molecule has 1 fully saturated rings. The maximum Gasteiger partial charge on any atom is 0.258 e. The van der Waals surface area contributed by atoms with Gasteiger partial charge < -0.3 is 14.8 Å². The molecule has 0 aliphatic carbocycles. The van der Waals surface area contributed by atoms with Crippen LogP contribution in [0.5, 0.6) is 11.5 Å². The summed E-state index contributed by atoms with van der Waals surface area (Å²) in [5.74, 6) is 1.08. The third-order valence-corrected chi connectivity index (χ3v) is 6.99. The smallest absolute Gasteiger partial charge is 0.258 e. The number of carbonyl (C=O) groups excluding carboxylic acids is 1. The number of rotatable bonds is 7. The number of ether oxygens (including phenoxy) is 2. The van der Waals surface area contributed by atoms with Crippen molar-refractivity contribution >= 4 is 15.9 Å². The van der Waals surface area contributed by atoms with E-state index in [9.17, 15) is 13.2 Å². The number of amides is 1. The number of aryl methyl sites for hydroxylation is 2. The van der Waals surface area contributed by atoms with Gasteiger partial charge in [-0.3, -0.25) is 4.79 Å². The Hall–Kier alpha value is -2.58. The Labute approximate surface area is 178 Å². The lowest BCUT2D eigenvalue weighted by molar-refractivity contribution is -0.124. The zero-order chi connectivity index (χ0) is 21.7. The van der Waals surface area contributed by atoms with Crippen molar-refractivity contribution in [2.45, 2.75) is 37.6 Å². The molecule has 0 unspecified atom stereocenters. The van der Waals surface area contributed by atoms with Gasteiger partial charge in [0, 0.05) is 19.1 Å². The van der Waals surface area contributed by atoms with Crippen LogP contribution >= 0.6 is 0 Å². The van der Waals surface area contributed by atoms with Crippen molar-refractivity contribution in [1.82, 2.24) is 9.62 Å². The van der Waals surface area contributed by atoms with Gasteiger partial charge in [0.05, 0.1) is 12.0 Å². The van der Waals surface area contributed by atoms with Crippen molar-refractivity contribution in [3.8, 4) is 11.5 Å². The lowest BCUT2D eigenvalue weighted by atomic mass is 10.1.